The number of thiocarbonyl (C=S) groups is 1. The van der Waals surface area contributed by atoms with E-state index in [4.69, 9.17) is 17.0 Å². The Labute approximate surface area is 154 Å². The number of amides is 1. The van der Waals surface area contributed by atoms with Crippen LogP contribution in [0.2, 0.25) is 0 Å². The van der Waals surface area contributed by atoms with E-state index >= 15 is 0 Å². The lowest BCUT2D eigenvalue weighted by molar-refractivity contribution is 0.0972. The van der Waals surface area contributed by atoms with Crippen molar-refractivity contribution in [3.8, 4) is 5.75 Å². The van der Waals surface area contributed by atoms with E-state index in [-0.39, 0.29) is 5.91 Å². The molecule has 0 aliphatic heterocycles. The van der Waals surface area contributed by atoms with Gasteiger partial charge in [-0.3, -0.25) is 10.1 Å². The van der Waals surface area contributed by atoms with Crippen LogP contribution in [0.5, 0.6) is 5.75 Å². The minimum absolute atomic E-state index is 0.267. The predicted octanol–water partition coefficient (Wildman–Crippen LogP) is 3.57. The molecule has 5 heteroatoms. The molecule has 2 N–H and O–H groups in total. The highest BCUT2D eigenvalue weighted by atomic mass is 32.1. The van der Waals surface area contributed by atoms with Crippen LogP contribution in [0.15, 0.2) is 54.6 Å². The van der Waals surface area contributed by atoms with Gasteiger partial charge in [-0.2, -0.15) is 0 Å². The minimum atomic E-state index is -0.267. The number of benzene rings is 2. The zero-order valence-corrected chi connectivity index (χ0v) is 15.4. The second kappa shape index (κ2) is 9.79. The quantitative estimate of drug-likeness (QED) is 0.745. The van der Waals surface area contributed by atoms with Gasteiger partial charge in [0, 0.05) is 6.54 Å². The van der Waals surface area contributed by atoms with E-state index in [1.165, 1.54) is 5.56 Å². The Morgan fingerprint density at radius 3 is 2.48 bits per heavy atom. The standard InChI is InChI=1S/C20H24N2O2S/c1-15(2)14-24-18-11-7-6-10-17(18)19(23)22-20(25)21-13-12-16-8-4-3-5-9-16/h3-11,15H,12-14H2,1-2H3,(H2,21,22,23,25). The van der Waals surface area contributed by atoms with Crippen molar-refractivity contribution in [2.45, 2.75) is 20.3 Å². The fourth-order valence-corrected chi connectivity index (χ4v) is 2.41. The van der Waals surface area contributed by atoms with Crippen molar-refractivity contribution in [3.63, 3.8) is 0 Å². The fraction of sp³-hybridized carbons (Fsp3) is 0.300. The summed E-state index contributed by atoms with van der Waals surface area (Å²) in [7, 11) is 0. The topological polar surface area (TPSA) is 50.4 Å². The molecule has 0 bridgehead atoms. The molecule has 2 aromatic rings. The molecule has 0 aliphatic rings. The molecule has 4 nitrogen and oxygen atoms in total. The summed E-state index contributed by atoms with van der Waals surface area (Å²) in [5, 5.41) is 6.09. The lowest BCUT2D eigenvalue weighted by Crippen LogP contribution is -2.40. The molecule has 2 rings (SSSR count). The number of rotatable bonds is 7. The second-order valence-corrected chi connectivity index (χ2v) is 6.55. The third-order valence-corrected chi connectivity index (χ3v) is 3.72. The van der Waals surface area contributed by atoms with E-state index in [1.54, 1.807) is 12.1 Å². The second-order valence-electron chi connectivity index (χ2n) is 6.15. The van der Waals surface area contributed by atoms with E-state index in [1.807, 2.05) is 30.3 Å². The number of hydrogen-bond acceptors (Lipinski definition) is 3. The summed E-state index contributed by atoms with van der Waals surface area (Å²) in [4.78, 5) is 12.4. The SMILES string of the molecule is CC(C)COc1ccccc1C(=O)NC(=S)NCCc1ccccc1. The summed E-state index contributed by atoms with van der Waals surface area (Å²) in [5.41, 5.74) is 1.70. The van der Waals surface area contributed by atoms with Crippen LogP contribution in [0.4, 0.5) is 0 Å². The summed E-state index contributed by atoms with van der Waals surface area (Å²) in [6.07, 6.45) is 0.838. The molecule has 0 radical (unpaired) electrons. The first-order chi connectivity index (χ1) is 12.1. The monoisotopic (exact) mass is 356 g/mol. The Bertz CT molecular complexity index is 702. The molecule has 0 aliphatic carbocycles. The molecule has 0 spiro atoms. The predicted molar refractivity (Wildman–Crippen MR) is 105 cm³/mol. The molecule has 0 saturated carbocycles. The number of ether oxygens (including phenoxy) is 1. The maximum Gasteiger partial charge on any atom is 0.261 e. The molecule has 1 amide bonds. The molecule has 0 saturated heterocycles. The number of carbonyl (C=O) groups is 1. The van der Waals surface area contributed by atoms with Crippen LogP contribution in [0.1, 0.15) is 29.8 Å². The smallest absolute Gasteiger partial charge is 0.261 e. The van der Waals surface area contributed by atoms with Crippen LogP contribution >= 0.6 is 12.2 Å². The van der Waals surface area contributed by atoms with Gasteiger partial charge in [-0.15, -0.1) is 0 Å². The van der Waals surface area contributed by atoms with Gasteiger partial charge in [-0.05, 0) is 42.3 Å². The van der Waals surface area contributed by atoms with Crippen molar-refractivity contribution in [1.82, 2.24) is 10.6 Å². The molecule has 2 aromatic carbocycles. The molecular weight excluding hydrogens is 332 g/mol. The van der Waals surface area contributed by atoms with Crippen molar-refractivity contribution in [2.24, 2.45) is 5.92 Å². The molecule has 0 heterocycles. The largest absolute Gasteiger partial charge is 0.492 e. The lowest BCUT2D eigenvalue weighted by Gasteiger charge is -2.14. The average molecular weight is 356 g/mol. The van der Waals surface area contributed by atoms with Crippen LogP contribution in [0.25, 0.3) is 0 Å². The molecule has 0 atom stereocenters. The van der Waals surface area contributed by atoms with E-state index in [0.717, 1.165) is 6.42 Å². The summed E-state index contributed by atoms with van der Waals surface area (Å²) in [5.74, 6) is 0.689. The normalized spacial score (nSPS) is 10.4. The summed E-state index contributed by atoms with van der Waals surface area (Å²) < 4.78 is 5.72. The van der Waals surface area contributed by atoms with Crippen molar-refractivity contribution >= 4 is 23.2 Å². The van der Waals surface area contributed by atoms with Gasteiger partial charge < -0.3 is 10.1 Å². The summed E-state index contributed by atoms with van der Waals surface area (Å²) >= 11 is 5.21. The van der Waals surface area contributed by atoms with Gasteiger partial charge in [-0.1, -0.05) is 56.3 Å². The van der Waals surface area contributed by atoms with Crippen molar-refractivity contribution in [3.05, 3.63) is 65.7 Å². The first kappa shape index (κ1) is 18.9. The van der Waals surface area contributed by atoms with Crippen LogP contribution in [-0.4, -0.2) is 24.2 Å². The van der Waals surface area contributed by atoms with Crippen LogP contribution in [-0.2, 0) is 6.42 Å². The summed E-state index contributed by atoms with van der Waals surface area (Å²) in [6.45, 7) is 5.35. The van der Waals surface area contributed by atoms with Gasteiger partial charge in [0.2, 0.25) is 0 Å². The molecule has 0 fully saturated rings. The highest BCUT2D eigenvalue weighted by Crippen LogP contribution is 2.18. The maximum absolute atomic E-state index is 12.4. The third-order valence-electron chi connectivity index (χ3n) is 3.47. The van der Waals surface area contributed by atoms with Crippen molar-refractivity contribution in [2.75, 3.05) is 13.2 Å². The van der Waals surface area contributed by atoms with Gasteiger partial charge in [0.05, 0.1) is 12.2 Å². The zero-order chi connectivity index (χ0) is 18.1. The minimum Gasteiger partial charge on any atom is -0.492 e. The van der Waals surface area contributed by atoms with Crippen LogP contribution in [0.3, 0.4) is 0 Å². The third kappa shape index (κ3) is 6.55. The van der Waals surface area contributed by atoms with E-state index in [2.05, 4.69) is 36.6 Å². The van der Waals surface area contributed by atoms with Gasteiger partial charge in [0.25, 0.3) is 5.91 Å². The lowest BCUT2D eigenvalue weighted by atomic mass is 10.1. The van der Waals surface area contributed by atoms with Crippen molar-refractivity contribution < 1.29 is 9.53 Å². The Kier molecular flexibility index (Phi) is 7.41. The average Bonchev–Trinajstić information content (AvgIpc) is 2.61. The highest BCUT2D eigenvalue weighted by molar-refractivity contribution is 7.80. The Balaban J connectivity index is 1.85. The Hall–Kier alpha value is -2.40. The maximum atomic E-state index is 12.4. The van der Waals surface area contributed by atoms with Crippen LogP contribution < -0.4 is 15.4 Å². The number of nitrogens with one attached hydrogen (secondary N) is 2. The first-order valence-electron chi connectivity index (χ1n) is 8.41. The molecule has 0 unspecified atom stereocenters. The first-order valence-corrected chi connectivity index (χ1v) is 8.82. The van der Waals surface area contributed by atoms with Gasteiger partial charge in [0.15, 0.2) is 5.11 Å². The van der Waals surface area contributed by atoms with E-state index in [0.29, 0.717) is 35.5 Å². The van der Waals surface area contributed by atoms with E-state index < -0.39 is 0 Å². The highest BCUT2D eigenvalue weighted by Gasteiger charge is 2.13. The molecular formula is C20H24N2O2S. The summed E-state index contributed by atoms with van der Waals surface area (Å²) in [6, 6.07) is 17.3. The molecule has 132 valence electrons. The van der Waals surface area contributed by atoms with Gasteiger partial charge >= 0.3 is 0 Å². The molecule has 25 heavy (non-hydrogen) atoms. The Morgan fingerprint density at radius 2 is 1.76 bits per heavy atom. The van der Waals surface area contributed by atoms with Gasteiger partial charge in [-0.25, -0.2) is 0 Å². The van der Waals surface area contributed by atoms with Gasteiger partial charge in [0.1, 0.15) is 5.75 Å². The van der Waals surface area contributed by atoms with Crippen molar-refractivity contribution in [1.29, 1.82) is 0 Å². The molecule has 0 aromatic heterocycles. The van der Waals surface area contributed by atoms with E-state index in [9.17, 15) is 4.79 Å². The zero-order valence-electron chi connectivity index (χ0n) is 14.6. The Morgan fingerprint density at radius 1 is 1.08 bits per heavy atom. The van der Waals surface area contributed by atoms with Crippen LogP contribution in [0, 0.1) is 5.92 Å². The number of hydrogen-bond donors (Lipinski definition) is 2. The number of para-hydroxylation sites is 1. The number of carbonyl (C=O) groups excluding carboxylic acids is 1. The fourth-order valence-electron chi connectivity index (χ4n) is 2.22.